The zero-order valence-corrected chi connectivity index (χ0v) is 12.8. The van der Waals surface area contributed by atoms with Crippen LogP contribution in [0, 0.1) is 0 Å². The third-order valence-corrected chi connectivity index (χ3v) is 4.08. The Kier molecular flexibility index (Phi) is 4.68. The number of amides is 1. The number of hydrogen-bond donors (Lipinski definition) is 2. The van der Waals surface area contributed by atoms with Crippen LogP contribution in [0.25, 0.3) is 0 Å². The first kappa shape index (κ1) is 14.2. The number of halogens is 1. The second-order valence-corrected chi connectivity index (χ2v) is 5.94. The maximum Gasteiger partial charge on any atom is 0.271 e. The molecule has 1 aromatic carbocycles. The van der Waals surface area contributed by atoms with Crippen LogP contribution in [0.1, 0.15) is 34.0 Å². The average molecular weight is 340 g/mol. The van der Waals surface area contributed by atoms with Crippen molar-refractivity contribution in [1.29, 1.82) is 0 Å². The van der Waals surface area contributed by atoms with E-state index in [-0.39, 0.29) is 11.9 Å². The van der Waals surface area contributed by atoms with E-state index in [1.165, 1.54) is 11.3 Å². The zero-order valence-electron chi connectivity index (χ0n) is 10.4. The average Bonchev–Trinajstić information content (AvgIpc) is 2.88. The molecule has 4 nitrogen and oxygen atoms in total. The summed E-state index contributed by atoms with van der Waals surface area (Å²) < 4.78 is 1.02. The summed E-state index contributed by atoms with van der Waals surface area (Å²) in [5.41, 5.74) is 6.95. The van der Waals surface area contributed by atoms with E-state index in [0.717, 1.165) is 15.0 Å². The van der Waals surface area contributed by atoms with Crippen molar-refractivity contribution in [2.45, 2.75) is 19.5 Å². The first-order valence-corrected chi connectivity index (χ1v) is 7.48. The van der Waals surface area contributed by atoms with Gasteiger partial charge in [0.2, 0.25) is 0 Å². The third kappa shape index (κ3) is 3.62. The molecule has 3 N–H and O–H groups in total. The van der Waals surface area contributed by atoms with Crippen LogP contribution >= 0.6 is 27.3 Å². The molecule has 2 aromatic rings. The van der Waals surface area contributed by atoms with Crippen LogP contribution in [0.4, 0.5) is 0 Å². The van der Waals surface area contributed by atoms with E-state index in [1.807, 2.05) is 31.2 Å². The van der Waals surface area contributed by atoms with Crippen molar-refractivity contribution in [2.75, 3.05) is 0 Å². The van der Waals surface area contributed by atoms with Crippen molar-refractivity contribution >= 4 is 33.2 Å². The predicted molar refractivity (Wildman–Crippen MR) is 80.0 cm³/mol. The summed E-state index contributed by atoms with van der Waals surface area (Å²) in [5.74, 6) is -0.175. The normalized spacial score (nSPS) is 12.2. The summed E-state index contributed by atoms with van der Waals surface area (Å²) in [6, 6.07) is 7.78. The summed E-state index contributed by atoms with van der Waals surface area (Å²) in [4.78, 5) is 16.2. The topological polar surface area (TPSA) is 68.0 Å². The molecule has 1 atom stereocenters. The first-order chi connectivity index (χ1) is 9.10. The monoisotopic (exact) mass is 339 g/mol. The van der Waals surface area contributed by atoms with E-state index in [4.69, 9.17) is 5.73 Å². The number of thiazole rings is 1. The molecular weight excluding hydrogens is 326 g/mol. The van der Waals surface area contributed by atoms with Crippen LogP contribution in [0.3, 0.4) is 0 Å². The van der Waals surface area contributed by atoms with Crippen molar-refractivity contribution < 1.29 is 4.79 Å². The molecule has 0 aliphatic rings. The minimum atomic E-state index is -0.175. The second kappa shape index (κ2) is 6.27. The molecular formula is C13H14BrN3OS. The highest BCUT2D eigenvalue weighted by Gasteiger charge is 2.14. The zero-order chi connectivity index (χ0) is 13.8. The Bertz CT molecular complexity index is 568. The molecule has 1 unspecified atom stereocenters. The Morgan fingerprint density at radius 3 is 2.74 bits per heavy atom. The van der Waals surface area contributed by atoms with Crippen LogP contribution in [0.15, 0.2) is 34.1 Å². The molecule has 0 aliphatic heterocycles. The number of nitrogens with one attached hydrogen (secondary N) is 1. The van der Waals surface area contributed by atoms with Gasteiger partial charge in [0, 0.05) is 16.4 Å². The third-order valence-electron chi connectivity index (χ3n) is 2.68. The van der Waals surface area contributed by atoms with Gasteiger partial charge in [-0.05, 0) is 24.6 Å². The Hall–Kier alpha value is -1.24. The second-order valence-electron chi connectivity index (χ2n) is 4.08. The van der Waals surface area contributed by atoms with Gasteiger partial charge in [0.15, 0.2) is 0 Å². The number of benzene rings is 1. The van der Waals surface area contributed by atoms with Gasteiger partial charge in [0.1, 0.15) is 10.7 Å². The Labute approximate surface area is 124 Å². The molecule has 2 rings (SSSR count). The fourth-order valence-corrected chi connectivity index (χ4v) is 2.53. The fourth-order valence-electron chi connectivity index (χ4n) is 1.61. The lowest BCUT2D eigenvalue weighted by molar-refractivity contribution is 0.0935. The van der Waals surface area contributed by atoms with Gasteiger partial charge in [-0.15, -0.1) is 11.3 Å². The minimum absolute atomic E-state index is 0.0661. The van der Waals surface area contributed by atoms with Gasteiger partial charge in [-0.1, -0.05) is 28.1 Å². The molecule has 1 heterocycles. The molecule has 1 aromatic heterocycles. The van der Waals surface area contributed by atoms with Crippen LogP contribution in [-0.4, -0.2) is 10.9 Å². The lowest BCUT2D eigenvalue weighted by Crippen LogP contribution is -2.26. The summed E-state index contributed by atoms with van der Waals surface area (Å²) in [5, 5.41) is 5.41. The van der Waals surface area contributed by atoms with E-state index in [9.17, 15) is 4.79 Å². The van der Waals surface area contributed by atoms with Gasteiger partial charge in [-0.25, -0.2) is 4.98 Å². The first-order valence-electron chi connectivity index (χ1n) is 5.81. The molecule has 0 radical (unpaired) electrons. The molecule has 1 amide bonds. The lowest BCUT2D eigenvalue weighted by atomic mass is 10.1. The highest BCUT2D eigenvalue weighted by molar-refractivity contribution is 9.10. The fraction of sp³-hybridized carbons (Fsp3) is 0.231. The van der Waals surface area contributed by atoms with Crippen molar-refractivity contribution in [1.82, 2.24) is 10.3 Å². The van der Waals surface area contributed by atoms with E-state index >= 15 is 0 Å². The van der Waals surface area contributed by atoms with Crippen LogP contribution in [-0.2, 0) is 6.54 Å². The smallest absolute Gasteiger partial charge is 0.271 e. The summed E-state index contributed by atoms with van der Waals surface area (Å²) >= 11 is 4.78. The van der Waals surface area contributed by atoms with Crippen molar-refractivity contribution in [3.05, 3.63) is 50.4 Å². The predicted octanol–water partition coefficient (Wildman–Crippen LogP) is 2.86. The standard InChI is InChI=1S/C13H14BrN3OS/c1-8(9-2-4-10(14)5-3-9)16-13(18)11-7-19-12(6-15)17-11/h2-5,7-8H,6,15H2,1H3,(H,16,18). The molecule has 0 bridgehead atoms. The SMILES string of the molecule is CC(NC(=O)c1csc(CN)n1)c1ccc(Br)cc1. The molecule has 0 aliphatic carbocycles. The van der Waals surface area contributed by atoms with Crippen molar-refractivity contribution in [3.8, 4) is 0 Å². The summed E-state index contributed by atoms with van der Waals surface area (Å²) in [7, 11) is 0. The highest BCUT2D eigenvalue weighted by Crippen LogP contribution is 2.17. The Balaban J connectivity index is 2.04. The largest absolute Gasteiger partial charge is 0.344 e. The number of hydrogen-bond acceptors (Lipinski definition) is 4. The molecule has 6 heteroatoms. The Morgan fingerprint density at radius 1 is 1.47 bits per heavy atom. The number of carbonyl (C=O) groups excluding carboxylic acids is 1. The van der Waals surface area contributed by atoms with Crippen molar-refractivity contribution in [2.24, 2.45) is 5.73 Å². The molecule has 0 fully saturated rings. The van der Waals surface area contributed by atoms with Gasteiger partial charge in [-0.2, -0.15) is 0 Å². The molecule has 100 valence electrons. The van der Waals surface area contributed by atoms with Gasteiger partial charge >= 0.3 is 0 Å². The van der Waals surface area contributed by atoms with Crippen LogP contribution in [0.5, 0.6) is 0 Å². The van der Waals surface area contributed by atoms with E-state index < -0.39 is 0 Å². The minimum Gasteiger partial charge on any atom is -0.344 e. The van der Waals surface area contributed by atoms with Crippen LogP contribution in [0.2, 0.25) is 0 Å². The van der Waals surface area contributed by atoms with E-state index in [1.54, 1.807) is 5.38 Å². The van der Waals surface area contributed by atoms with Crippen LogP contribution < -0.4 is 11.1 Å². The quantitative estimate of drug-likeness (QED) is 0.899. The Morgan fingerprint density at radius 2 is 2.16 bits per heavy atom. The lowest BCUT2D eigenvalue weighted by Gasteiger charge is -2.13. The van der Waals surface area contributed by atoms with E-state index in [2.05, 4.69) is 26.2 Å². The number of aromatic nitrogens is 1. The molecule has 0 saturated heterocycles. The number of nitrogens with zero attached hydrogens (tertiary/aromatic N) is 1. The van der Waals surface area contributed by atoms with Crippen molar-refractivity contribution in [3.63, 3.8) is 0 Å². The number of carbonyl (C=O) groups is 1. The summed E-state index contributed by atoms with van der Waals surface area (Å²) in [6.45, 7) is 2.30. The van der Waals surface area contributed by atoms with Gasteiger partial charge in [0.25, 0.3) is 5.91 Å². The maximum absolute atomic E-state index is 12.0. The number of nitrogens with two attached hydrogens (primary N) is 1. The number of rotatable bonds is 4. The maximum atomic E-state index is 12.0. The van der Waals surface area contributed by atoms with Gasteiger partial charge in [-0.3, -0.25) is 4.79 Å². The molecule has 0 saturated carbocycles. The molecule has 19 heavy (non-hydrogen) atoms. The highest BCUT2D eigenvalue weighted by atomic mass is 79.9. The summed E-state index contributed by atoms with van der Waals surface area (Å²) in [6.07, 6.45) is 0. The van der Waals surface area contributed by atoms with Gasteiger partial charge in [0.05, 0.1) is 6.04 Å². The van der Waals surface area contributed by atoms with Gasteiger partial charge < -0.3 is 11.1 Å². The molecule has 0 spiro atoms. The van der Waals surface area contributed by atoms with E-state index in [0.29, 0.717) is 12.2 Å².